The van der Waals surface area contributed by atoms with E-state index in [1.165, 1.54) is 0 Å². The van der Waals surface area contributed by atoms with E-state index < -0.39 is 0 Å². The first-order valence-electron chi connectivity index (χ1n) is 7.60. The molecule has 0 atom stereocenters. The Bertz CT molecular complexity index is 692. The summed E-state index contributed by atoms with van der Waals surface area (Å²) in [6.45, 7) is 1.02. The molecule has 0 saturated carbocycles. The molecule has 5 nitrogen and oxygen atoms in total. The Morgan fingerprint density at radius 1 is 1.08 bits per heavy atom. The molecule has 0 fully saturated rings. The van der Waals surface area contributed by atoms with E-state index in [9.17, 15) is 4.79 Å². The summed E-state index contributed by atoms with van der Waals surface area (Å²) in [7, 11) is 3.19. The molecule has 1 amide bonds. The lowest BCUT2D eigenvalue weighted by Crippen LogP contribution is -2.24. The summed E-state index contributed by atoms with van der Waals surface area (Å²) >= 11 is 3.46. The Labute approximate surface area is 150 Å². The second-order valence-corrected chi connectivity index (χ2v) is 5.98. The fourth-order valence-corrected chi connectivity index (χ4v) is 2.62. The number of amides is 1. The highest BCUT2D eigenvalue weighted by molar-refractivity contribution is 9.10. The summed E-state index contributed by atoms with van der Waals surface area (Å²) < 4.78 is 11.4. The van der Waals surface area contributed by atoms with Gasteiger partial charge in [-0.15, -0.1) is 0 Å². The number of nitrogens with one attached hydrogen (secondary N) is 2. The summed E-state index contributed by atoms with van der Waals surface area (Å²) in [6.07, 6.45) is 0.397. The minimum Gasteiger partial charge on any atom is -0.493 e. The predicted octanol–water partition coefficient (Wildman–Crippen LogP) is 3.58. The van der Waals surface area contributed by atoms with Crippen molar-refractivity contribution in [2.24, 2.45) is 0 Å². The summed E-state index contributed by atoms with van der Waals surface area (Å²) in [5.74, 6) is 1.31. The zero-order valence-electron chi connectivity index (χ0n) is 13.8. The van der Waals surface area contributed by atoms with E-state index in [1.807, 2.05) is 42.5 Å². The maximum absolute atomic E-state index is 12.0. The van der Waals surface area contributed by atoms with E-state index in [-0.39, 0.29) is 5.91 Å². The van der Waals surface area contributed by atoms with Crippen molar-refractivity contribution in [1.82, 2.24) is 5.32 Å². The molecule has 2 aromatic rings. The third-order valence-corrected chi connectivity index (χ3v) is 4.17. The van der Waals surface area contributed by atoms with Gasteiger partial charge in [0.15, 0.2) is 11.5 Å². The number of rotatable bonds is 8. The van der Waals surface area contributed by atoms with Crippen molar-refractivity contribution in [3.05, 3.63) is 52.5 Å². The molecule has 6 heteroatoms. The quantitative estimate of drug-likeness (QED) is 0.720. The molecule has 0 aromatic heterocycles. The van der Waals surface area contributed by atoms with Crippen LogP contribution in [0.1, 0.15) is 12.0 Å². The van der Waals surface area contributed by atoms with Gasteiger partial charge in [0.05, 0.1) is 14.2 Å². The van der Waals surface area contributed by atoms with Gasteiger partial charge in [-0.05, 0) is 45.8 Å². The number of carbonyl (C=O) groups is 1. The number of hydrogen-bond donors (Lipinski definition) is 2. The lowest BCUT2D eigenvalue weighted by atomic mass is 10.2. The minimum absolute atomic E-state index is 0.00987. The maximum atomic E-state index is 12.0. The standard InChI is InChI=1S/C18H21BrN2O3/c1-23-16-8-7-13(11-17(16)24-2)12-21-18(22)9-10-20-15-6-4-3-5-14(15)19/h3-8,11,20H,9-10,12H2,1-2H3,(H,21,22). The number of hydrogen-bond acceptors (Lipinski definition) is 4. The van der Waals surface area contributed by atoms with Crippen LogP contribution in [0.25, 0.3) is 0 Å². The smallest absolute Gasteiger partial charge is 0.222 e. The van der Waals surface area contributed by atoms with Crippen LogP contribution in [0.3, 0.4) is 0 Å². The van der Waals surface area contributed by atoms with E-state index >= 15 is 0 Å². The Hall–Kier alpha value is -2.21. The van der Waals surface area contributed by atoms with Crippen LogP contribution in [0.2, 0.25) is 0 Å². The zero-order valence-corrected chi connectivity index (χ0v) is 15.4. The predicted molar refractivity (Wildman–Crippen MR) is 98.6 cm³/mol. The number of ether oxygens (including phenoxy) is 2. The van der Waals surface area contributed by atoms with Crippen LogP contribution in [-0.2, 0) is 11.3 Å². The van der Waals surface area contributed by atoms with Crippen molar-refractivity contribution < 1.29 is 14.3 Å². The normalized spacial score (nSPS) is 10.1. The Kier molecular flexibility index (Phi) is 6.93. The largest absolute Gasteiger partial charge is 0.493 e. The molecule has 2 N–H and O–H groups in total. The van der Waals surface area contributed by atoms with Crippen LogP contribution in [0.15, 0.2) is 46.9 Å². The van der Waals surface area contributed by atoms with Crippen LogP contribution in [0, 0.1) is 0 Å². The van der Waals surface area contributed by atoms with Gasteiger partial charge < -0.3 is 20.1 Å². The summed E-state index contributed by atoms with van der Waals surface area (Å²) in [6, 6.07) is 13.4. The number of halogens is 1. The molecule has 128 valence electrons. The number of para-hydroxylation sites is 1. The average Bonchev–Trinajstić information content (AvgIpc) is 2.61. The highest BCUT2D eigenvalue weighted by atomic mass is 79.9. The zero-order chi connectivity index (χ0) is 17.4. The van der Waals surface area contributed by atoms with Crippen molar-refractivity contribution in [3.63, 3.8) is 0 Å². The summed E-state index contributed by atoms with van der Waals surface area (Å²) in [5.41, 5.74) is 1.94. The van der Waals surface area contributed by atoms with E-state index in [2.05, 4.69) is 26.6 Å². The molecule has 0 aliphatic rings. The van der Waals surface area contributed by atoms with Gasteiger partial charge in [-0.1, -0.05) is 18.2 Å². The average molecular weight is 393 g/mol. The summed E-state index contributed by atoms with van der Waals surface area (Å²) in [5, 5.41) is 6.13. The minimum atomic E-state index is -0.00987. The monoisotopic (exact) mass is 392 g/mol. The molecule has 0 radical (unpaired) electrons. The third kappa shape index (κ3) is 5.16. The maximum Gasteiger partial charge on any atom is 0.222 e. The Balaban J connectivity index is 1.78. The van der Waals surface area contributed by atoms with E-state index in [1.54, 1.807) is 14.2 Å². The molecule has 0 saturated heterocycles. The van der Waals surface area contributed by atoms with Crippen molar-refractivity contribution in [1.29, 1.82) is 0 Å². The van der Waals surface area contributed by atoms with Crippen molar-refractivity contribution >= 4 is 27.5 Å². The van der Waals surface area contributed by atoms with Crippen LogP contribution in [-0.4, -0.2) is 26.7 Å². The molecule has 2 rings (SSSR count). The highest BCUT2D eigenvalue weighted by Gasteiger charge is 2.06. The first kappa shape index (κ1) is 18.1. The molecule has 0 spiro atoms. The second kappa shape index (κ2) is 9.17. The number of anilines is 1. The van der Waals surface area contributed by atoms with E-state index in [0.717, 1.165) is 15.7 Å². The number of carbonyl (C=O) groups excluding carboxylic acids is 1. The molecular weight excluding hydrogens is 372 g/mol. The van der Waals surface area contributed by atoms with Gasteiger partial charge in [0.2, 0.25) is 5.91 Å². The molecule has 0 unspecified atom stereocenters. The van der Waals surface area contributed by atoms with Crippen molar-refractivity contribution in [3.8, 4) is 11.5 Å². The lowest BCUT2D eigenvalue weighted by molar-refractivity contribution is -0.121. The molecule has 0 aliphatic heterocycles. The molecule has 0 aliphatic carbocycles. The number of methoxy groups -OCH3 is 2. The fraction of sp³-hybridized carbons (Fsp3) is 0.278. The first-order valence-corrected chi connectivity index (χ1v) is 8.39. The molecule has 2 aromatic carbocycles. The van der Waals surface area contributed by atoms with Crippen LogP contribution >= 0.6 is 15.9 Å². The van der Waals surface area contributed by atoms with E-state index in [4.69, 9.17) is 9.47 Å². The van der Waals surface area contributed by atoms with Crippen LogP contribution in [0.4, 0.5) is 5.69 Å². The van der Waals surface area contributed by atoms with Gasteiger partial charge in [-0.2, -0.15) is 0 Å². The second-order valence-electron chi connectivity index (χ2n) is 5.12. The first-order chi connectivity index (χ1) is 11.6. The molecule has 0 heterocycles. The number of benzene rings is 2. The van der Waals surface area contributed by atoms with Gasteiger partial charge >= 0.3 is 0 Å². The van der Waals surface area contributed by atoms with E-state index in [0.29, 0.717) is 31.0 Å². The lowest BCUT2D eigenvalue weighted by Gasteiger charge is -2.11. The van der Waals surface area contributed by atoms with Gasteiger partial charge in [-0.3, -0.25) is 4.79 Å². The van der Waals surface area contributed by atoms with Crippen molar-refractivity contribution in [2.45, 2.75) is 13.0 Å². The van der Waals surface area contributed by atoms with Crippen LogP contribution < -0.4 is 20.1 Å². The molecule has 0 bridgehead atoms. The van der Waals surface area contributed by atoms with Gasteiger partial charge in [0, 0.05) is 29.7 Å². The highest BCUT2D eigenvalue weighted by Crippen LogP contribution is 2.27. The SMILES string of the molecule is COc1ccc(CNC(=O)CCNc2ccccc2Br)cc1OC. The topological polar surface area (TPSA) is 59.6 Å². The van der Waals surface area contributed by atoms with Gasteiger partial charge in [0.25, 0.3) is 0 Å². The fourth-order valence-electron chi connectivity index (χ4n) is 2.19. The third-order valence-electron chi connectivity index (χ3n) is 3.48. The van der Waals surface area contributed by atoms with Crippen molar-refractivity contribution in [2.75, 3.05) is 26.1 Å². The molecular formula is C18H21BrN2O3. The van der Waals surface area contributed by atoms with Gasteiger partial charge in [-0.25, -0.2) is 0 Å². The van der Waals surface area contributed by atoms with Crippen LogP contribution in [0.5, 0.6) is 11.5 Å². The van der Waals surface area contributed by atoms with Gasteiger partial charge in [0.1, 0.15) is 0 Å². The summed E-state index contributed by atoms with van der Waals surface area (Å²) in [4.78, 5) is 12.0. The Morgan fingerprint density at radius 3 is 2.54 bits per heavy atom. The molecule has 24 heavy (non-hydrogen) atoms. The Morgan fingerprint density at radius 2 is 1.83 bits per heavy atom.